The molecule has 2 rings (SSSR count). The van der Waals surface area contributed by atoms with Crippen LogP contribution in [0.4, 0.5) is 14.9 Å². The maximum Gasteiger partial charge on any atom is 0.409 e. The van der Waals surface area contributed by atoms with Crippen molar-refractivity contribution in [2.75, 3.05) is 32.1 Å². The molecule has 1 heterocycles. The van der Waals surface area contributed by atoms with Crippen molar-refractivity contribution in [3.63, 3.8) is 0 Å². The van der Waals surface area contributed by atoms with E-state index in [1.165, 1.54) is 12.1 Å². The molecule has 0 bridgehead atoms. The average Bonchev–Trinajstić information content (AvgIpc) is 2.56. The first-order valence-corrected chi connectivity index (χ1v) is 8.13. The first-order valence-electron chi connectivity index (χ1n) is 7.72. The zero-order chi connectivity index (χ0) is 16.8. The third-order valence-corrected chi connectivity index (χ3v) is 4.34. The van der Waals surface area contributed by atoms with Gasteiger partial charge in [0.1, 0.15) is 5.82 Å². The van der Waals surface area contributed by atoms with E-state index < -0.39 is 0 Å². The molecule has 0 spiro atoms. The lowest BCUT2D eigenvalue weighted by atomic mass is 10.0. The standard InChI is InChI=1S/C16H22FN3O2S/c1-3-22-16(21)20-10-8-14(9-11-20)19(2)15(23)18-13-6-4-12(17)5-7-13/h4-7,14H,3,8-11H2,1-2H3,(H,18,23). The quantitative estimate of drug-likeness (QED) is 0.858. The lowest BCUT2D eigenvalue weighted by Crippen LogP contribution is -2.48. The van der Waals surface area contributed by atoms with Crippen LogP contribution in [0.25, 0.3) is 0 Å². The number of anilines is 1. The molecule has 1 saturated heterocycles. The second-order valence-electron chi connectivity index (χ2n) is 5.47. The van der Waals surface area contributed by atoms with E-state index in [1.807, 2.05) is 11.9 Å². The summed E-state index contributed by atoms with van der Waals surface area (Å²) in [6.45, 7) is 3.52. The lowest BCUT2D eigenvalue weighted by molar-refractivity contribution is 0.0895. The Labute approximate surface area is 141 Å². The predicted molar refractivity (Wildman–Crippen MR) is 92.0 cm³/mol. The molecule has 1 aliphatic rings. The van der Waals surface area contributed by atoms with Gasteiger partial charge in [0, 0.05) is 31.9 Å². The molecule has 126 valence electrons. The summed E-state index contributed by atoms with van der Waals surface area (Å²) in [6, 6.07) is 6.35. The van der Waals surface area contributed by atoms with E-state index >= 15 is 0 Å². The minimum absolute atomic E-state index is 0.249. The Bertz CT molecular complexity index is 545. The normalized spacial score (nSPS) is 15.2. The van der Waals surface area contributed by atoms with E-state index in [1.54, 1.807) is 24.0 Å². The van der Waals surface area contributed by atoms with Crippen molar-refractivity contribution in [2.45, 2.75) is 25.8 Å². The van der Waals surface area contributed by atoms with Gasteiger partial charge < -0.3 is 19.9 Å². The van der Waals surface area contributed by atoms with E-state index in [2.05, 4.69) is 5.32 Å². The number of likely N-dealkylation sites (tertiary alicyclic amines) is 1. The maximum absolute atomic E-state index is 12.9. The van der Waals surface area contributed by atoms with Crippen molar-refractivity contribution in [1.82, 2.24) is 9.80 Å². The molecule has 0 aromatic heterocycles. The van der Waals surface area contributed by atoms with Gasteiger partial charge in [0.2, 0.25) is 0 Å². The molecule has 7 heteroatoms. The van der Waals surface area contributed by atoms with Crippen LogP contribution in [0.1, 0.15) is 19.8 Å². The highest BCUT2D eigenvalue weighted by Crippen LogP contribution is 2.18. The van der Waals surface area contributed by atoms with Crippen LogP contribution in [-0.4, -0.2) is 53.8 Å². The second-order valence-corrected chi connectivity index (χ2v) is 5.85. The summed E-state index contributed by atoms with van der Waals surface area (Å²) in [6.07, 6.45) is 1.42. The number of carbonyl (C=O) groups excluding carboxylic acids is 1. The molecule has 1 fully saturated rings. The highest BCUT2D eigenvalue weighted by molar-refractivity contribution is 7.80. The number of nitrogens with one attached hydrogen (secondary N) is 1. The first kappa shape index (κ1) is 17.5. The Morgan fingerprint density at radius 2 is 2.00 bits per heavy atom. The molecule has 1 amide bonds. The Hall–Kier alpha value is -1.89. The average molecular weight is 339 g/mol. The third kappa shape index (κ3) is 4.79. The number of carbonyl (C=O) groups is 1. The number of piperidine rings is 1. The van der Waals surface area contributed by atoms with Gasteiger partial charge in [-0.2, -0.15) is 0 Å². The predicted octanol–water partition coefficient (Wildman–Crippen LogP) is 3.08. The summed E-state index contributed by atoms with van der Waals surface area (Å²) in [5.41, 5.74) is 0.757. The van der Waals surface area contributed by atoms with Gasteiger partial charge in [0.05, 0.1) is 6.61 Å². The summed E-state index contributed by atoms with van der Waals surface area (Å²) >= 11 is 5.41. The SMILES string of the molecule is CCOC(=O)N1CCC(N(C)C(=S)Nc2ccc(F)cc2)CC1. The van der Waals surface area contributed by atoms with Crippen molar-refractivity contribution in [2.24, 2.45) is 0 Å². The van der Waals surface area contributed by atoms with Crippen LogP contribution >= 0.6 is 12.2 Å². The van der Waals surface area contributed by atoms with Crippen molar-refractivity contribution in [1.29, 1.82) is 0 Å². The molecular weight excluding hydrogens is 317 g/mol. The Morgan fingerprint density at radius 1 is 1.39 bits per heavy atom. The Kier molecular flexibility index (Phi) is 6.15. The van der Waals surface area contributed by atoms with E-state index in [9.17, 15) is 9.18 Å². The van der Waals surface area contributed by atoms with Crippen molar-refractivity contribution >= 4 is 29.1 Å². The van der Waals surface area contributed by atoms with Crippen LogP contribution in [0.2, 0.25) is 0 Å². The lowest BCUT2D eigenvalue weighted by Gasteiger charge is -2.37. The van der Waals surface area contributed by atoms with Crippen LogP contribution in [0.3, 0.4) is 0 Å². The number of nitrogens with zero attached hydrogens (tertiary/aromatic N) is 2. The molecule has 0 saturated carbocycles. The number of hydrogen-bond donors (Lipinski definition) is 1. The molecule has 0 radical (unpaired) electrons. The van der Waals surface area contributed by atoms with E-state index in [-0.39, 0.29) is 18.0 Å². The molecule has 0 unspecified atom stereocenters. The molecule has 23 heavy (non-hydrogen) atoms. The summed E-state index contributed by atoms with van der Waals surface area (Å²) < 4.78 is 17.9. The van der Waals surface area contributed by atoms with Crippen molar-refractivity contribution < 1.29 is 13.9 Å². The number of amides is 1. The Morgan fingerprint density at radius 3 is 2.57 bits per heavy atom. The van der Waals surface area contributed by atoms with Gasteiger partial charge in [-0.25, -0.2) is 9.18 Å². The number of halogens is 1. The molecule has 1 aromatic carbocycles. The molecular formula is C16H22FN3O2S. The van der Waals surface area contributed by atoms with Crippen LogP contribution < -0.4 is 5.32 Å². The van der Waals surface area contributed by atoms with Crippen molar-refractivity contribution in [3.05, 3.63) is 30.1 Å². The summed E-state index contributed by atoms with van der Waals surface area (Å²) in [7, 11) is 1.93. The van der Waals surface area contributed by atoms with Crippen LogP contribution in [0, 0.1) is 5.82 Å². The maximum atomic E-state index is 12.9. The number of ether oxygens (including phenoxy) is 1. The molecule has 0 atom stereocenters. The molecule has 5 nitrogen and oxygen atoms in total. The minimum atomic E-state index is -0.277. The van der Waals surface area contributed by atoms with Gasteiger partial charge in [0.25, 0.3) is 0 Å². The van der Waals surface area contributed by atoms with Gasteiger partial charge in [-0.15, -0.1) is 0 Å². The molecule has 1 N–H and O–H groups in total. The summed E-state index contributed by atoms with van der Waals surface area (Å²) in [5.74, 6) is -0.277. The van der Waals surface area contributed by atoms with Gasteiger partial charge in [-0.1, -0.05) is 0 Å². The first-order chi connectivity index (χ1) is 11.0. The molecule has 1 aliphatic heterocycles. The highest BCUT2D eigenvalue weighted by Gasteiger charge is 2.26. The second kappa shape index (κ2) is 8.10. The third-order valence-electron chi connectivity index (χ3n) is 3.95. The number of hydrogen-bond acceptors (Lipinski definition) is 3. The minimum Gasteiger partial charge on any atom is -0.450 e. The largest absolute Gasteiger partial charge is 0.450 e. The van der Waals surface area contributed by atoms with E-state index in [4.69, 9.17) is 17.0 Å². The monoisotopic (exact) mass is 339 g/mol. The number of thiocarbonyl (C=S) groups is 1. The fourth-order valence-corrected chi connectivity index (χ4v) is 2.83. The van der Waals surface area contributed by atoms with Crippen LogP contribution in [0.5, 0.6) is 0 Å². The van der Waals surface area contributed by atoms with Gasteiger partial charge in [-0.3, -0.25) is 0 Å². The van der Waals surface area contributed by atoms with E-state index in [0.717, 1.165) is 18.5 Å². The number of rotatable bonds is 3. The van der Waals surface area contributed by atoms with Gasteiger partial charge in [0.15, 0.2) is 5.11 Å². The fraction of sp³-hybridized carbons (Fsp3) is 0.500. The zero-order valence-electron chi connectivity index (χ0n) is 13.4. The van der Waals surface area contributed by atoms with Crippen LogP contribution in [0.15, 0.2) is 24.3 Å². The van der Waals surface area contributed by atoms with E-state index in [0.29, 0.717) is 24.8 Å². The van der Waals surface area contributed by atoms with Crippen molar-refractivity contribution in [3.8, 4) is 0 Å². The summed E-state index contributed by atoms with van der Waals surface area (Å²) in [5, 5.41) is 3.70. The fourth-order valence-electron chi connectivity index (χ4n) is 2.56. The molecule has 0 aliphatic carbocycles. The van der Waals surface area contributed by atoms with Crippen LogP contribution in [-0.2, 0) is 4.74 Å². The molecule has 1 aromatic rings. The van der Waals surface area contributed by atoms with Gasteiger partial charge in [-0.05, 0) is 56.2 Å². The zero-order valence-corrected chi connectivity index (χ0v) is 14.2. The summed E-state index contributed by atoms with van der Waals surface area (Å²) in [4.78, 5) is 15.4. The topological polar surface area (TPSA) is 44.8 Å². The Balaban J connectivity index is 1.84. The smallest absolute Gasteiger partial charge is 0.409 e. The number of benzene rings is 1. The highest BCUT2D eigenvalue weighted by atomic mass is 32.1. The van der Waals surface area contributed by atoms with Gasteiger partial charge >= 0.3 is 6.09 Å².